The van der Waals surface area contributed by atoms with Crippen molar-refractivity contribution in [1.82, 2.24) is 24.9 Å². The highest BCUT2D eigenvalue weighted by Crippen LogP contribution is 2.29. The van der Waals surface area contributed by atoms with E-state index in [9.17, 15) is 9.59 Å². The van der Waals surface area contributed by atoms with Gasteiger partial charge in [-0.05, 0) is 38.5 Å². The zero-order valence-electron chi connectivity index (χ0n) is 18.8. The molecule has 4 rings (SSSR count). The molecule has 10 nitrogen and oxygen atoms in total. The molecule has 33 heavy (non-hydrogen) atoms. The van der Waals surface area contributed by atoms with E-state index >= 15 is 0 Å². The van der Waals surface area contributed by atoms with Gasteiger partial charge in [-0.3, -0.25) is 4.79 Å². The maximum absolute atomic E-state index is 13.5. The van der Waals surface area contributed by atoms with Gasteiger partial charge in [-0.25, -0.2) is 9.78 Å². The van der Waals surface area contributed by atoms with E-state index in [4.69, 9.17) is 9.47 Å². The van der Waals surface area contributed by atoms with Crippen molar-refractivity contribution in [2.75, 3.05) is 25.6 Å². The van der Waals surface area contributed by atoms with Gasteiger partial charge in [0.25, 0.3) is 5.91 Å². The molecule has 3 aromatic rings. The third kappa shape index (κ3) is 4.50. The first-order chi connectivity index (χ1) is 16.0. The van der Waals surface area contributed by atoms with Gasteiger partial charge in [0.15, 0.2) is 0 Å². The van der Waals surface area contributed by atoms with E-state index in [1.54, 1.807) is 30.7 Å². The van der Waals surface area contributed by atoms with Crippen LogP contribution in [0.1, 0.15) is 41.0 Å². The molecule has 1 fully saturated rings. The molecule has 1 aliphatic heterocycles. The molecule has 1 amide bonds. The van der Waals surface area contributed by atoms with Crippen LogP contribution in [0.3, 0.4) is 0 Å². The molecule has 0 radical (unpaired) electrons. The normalized spacial score (nSPS) is 17.6. The van der Waals surface area contributed by atoms with E-state index < -0.39 is 5.97 Å². The molecule has 2 atom stereocenters. The van der Waals surface area contributed by atoms with Crippen LogP contribution in [0.15, 0.2) is 48.9 Å². The van der Waals surface area contributed by atoms with Crippen molar-refractivity contribution in [3.63, 3.8) is 0 Å². The second-order valence-corrected chi connectivity index (χ2v) is 7.68. The topological polar surface area (TPSA) is 111 Å². The van der Waals surface area contributed by atoms with Crippen LogP contribution in [0.4, 0.5) is 5.82 Å². The molecule has 10 heteroatoms. The van der Waals surface area contributed by atoms with Gasteiger partial charge in [-0.1, -0.05) is 12.1 Å². The molecule has 0 saturated carbocycles. The fraction of sp³-hybridized carbons (Fsp3) is 0.348. The second-order valence-electron chi connectivity index (χ2n) is 7.68. The van der Waals surface area contributed by atoms with E-state index in [0.29, 0.717) is 42.4 Å². The van der Waals surface area contributed by atoms with Crippen molar-refractivity contribution in [2.45, 2.75) is 32.4 Å². The lowest BCUT2D eigenvalue weighted by molar-refractivity contribution is 0.0596. The number of likely N-dealkylation sites (tertiary alicyclic amines) is 1. The number of ether oxygens (including phenoxy) is 2. The second kappa shape index (κ2) is 9.68. The van der Waals surface area contributed by atoms with Crippen molar-refractivity contribution < 1.29 is 19.1 Å². The summed E-state index contributed by atoms with van der Waals surface area (Å²) in [6, 6.07) is 8.76. The van der Waals surface area contributed by atoms with E-state index in [2.05, 4.69) is 20.5 Å². The molecule has 172 valence electrons. The van der Waals surface area contributed by atoms with Gasteiger partial charge < -0.3 is 19.7 Å². The summed E-state index contributed by atoms with van der Waals surface area (Å²) in [7, 11) is 1.32. The summed E-state index contributed by atoms with van der Waals surface area (Å²) < 4.78 is 10.5. The largest absolute Gasteiger partial charge is 0.493 e. The SMILES string of the molecule is CCOc1ccnc(N[C@@H]2C[C@@H](C)N(C(=O)c3ccccc3-n3nccn3)C2)c1C(=O)OC. The predicted molar refractivity (Wildman–Crippen MR) is 121 cm³/mol. The molecule has 1 aliphatic rings. The molecule has 3 heterocycles. The van der Waals surface area contributed by atoms with E-state index in [-0.39, 0.29) is 23.6 Å². The minimum absolute atomic E-state index is 0.0229. The Morgan fingerprint density at radius 2 is 1.91 bits per heavy atom. The minimum Gasteiger partial charge on any atom is -0.493 e. The quantitative estimate of drug-likeness (QED) is 0.547. The average Bonchev–Trinajstić information content (AvgIpc) is 3.48. The van der Waals surface area contributed by atoms with Crippen LogP contribution in [0, 0.1) is 0 Å². The first kappa shape index (κ1) is 22.3. The van der Waals surface area contributed by atoms with E-state index in [1.807, 2.05) is 36.9 Å². The average molecular weight is 450 g/mol. The molecule has 0 unspecified atom stereocenters. The first-order valence-electron chi connectivity index (χ1n) is 10.8. The zero-order valence-corrected chi connectivity index (χ0v) is 18.8. The monoisotopic (exact) mass is 450 g/mol. The summed E-state index contributed by atoms with van der Waals surface area (Å²) in [5.74, 6) is 0.138. The van der Waals surface area contributed by atoms with Crippen molar-refractivity contribution in [3.05, 3.63) is 60.0 Å². The van der Waals surface area contributed by atoms with Crippen LogP contribution in [0.25, 0.3) is 5.69 Å². The summed E-state index contributed by atoms with van der Waals surface area (Å²) in [6.45, 7) is 4.69. The van der Waals surface area contributed by atoms with Gasteiger partial charge >= 0.3 is 5.97 Å². The molecular formula is C23H26N6O4. The van der Waals surface area contributed by atoms with E-state index in [1.165, 1.54) is 11.9 Å². The lowest BCUT2D eigenvalue weighted by Gasteiger charge is -2.22. The van der Waals surface area contributed by atoms with Gasteiger partial charge in [-0.15, -0.1) is 0 Å². The van der Waals surface area contributed by atoms with Gasteiger partial charge in [0.2, 0.25) is 0 Å². The smallest absolute Gasteiger partial charge is 0.345 e. The number of para-hydroxylation sites is 1. The lowest BCUT2D eigenvalue weighted by Crippen LogP contribution is -2.36. The highest BCUT2D eigenvalue weighted by atomic mass is 16.5. The number of hydrogen-bond donors (Lipinski definition) is 1. The number of anilines is 1. The van der Waals surface area contributed by atoms with Crippen LogP contribution in [-0.4, -0.2) is 69.1 Å². The van der Waals surface area contributed by atoms with Crippen molar-refractivity contribution in [1.29, 1.82) is 0 Å². The molecule has 0 spiro atoms. The molecule has 1 N–H and O–H groups in total. The highest BCUT2D eigenvalue weighted by Gasteiger charge is 2.35. The van der Waals surface area contributed by atoms with Crippen molar-refractivity contribution in [2.24, 2.45) is 0 Å². The number of carbonyl (C=O) groups is 2. The van der Waals surface area contributed by atoms with Crippen LogP contribution in [0.5, 0.6) is 5.75 Å². The van der Waals surface area contributed by atoms with Crippen molar-refractivity contribution in [3.8, 4) is 11.4 Å². The Bertz CT molecular complexity index is 1130. The molecule has 0 aliphatic carbocycles. The van der Waals surface area contributed by atoms with Gasteiger partial charge in [0.05, 0.1) is 37.4 Å². The van der Waals surface area contributed by atoms with Crippen LogP contribution < -0.4 is 10.1 Å². The Kier molecular flexibility index (Phi) is 6.53. The Balaban J connectivity index is 1.56. The number of hydrogen-bond acceptors (Lipinski definition) is 8. The number of benzene rings is 1. The summed E-state index contributed by atoms with van der Waals surface area (Å²) in [6.07, 6.45) is 5.41. The Morgan fingerprint density at radius 3 is 2.64 bits per heavy atom. The molecular weight excluding hydrogens is 424 g/mol. The number of nitrogens with one attached hydrogen (secondary N) is 1. The predicted octanol–water partition coefficient (Wildman–Crippen LogP) is 2.56. The van der Waals surface area contributed by atoms with Crippen LogP contribution in [-0.2, 0) is 4.74 Å². The van der Waals surface area contributed by atoms with Crippen LogP contribution >= 0.6 is 0 Å². The molecule has 2 aromatic heterocycles. The van der Waals surface area contributed by atoms with Gasteiger partial charge in [0, 0.05) is 24.8 Å². The Labute approximate surface area is 191 Å². The number of aromatic nitrogens is 4. The van der Waals surface area contributed by atoms with Crippen LogP contribution in [0.2, 0.25) is 0 Å². The third-order valence-corrected chi connectivity index (χ3v) is 5.55. The number of pyridine rings is 1. The number of esters is 1. The number of rotatable bonds is 7. The molecule has 0 bridgehead atoms. The lowest BCUT2D eigenvalue weighted by atomic mass is 10.1. The van der Waals surface area contributed by atoms with Gasteiger partial charge in [-0.2, -0.15) is 15.0 Å². The highest BCUT2D eigenvalue weighted by molar-refractivity contribution is 5.99. The van der Waals surface area contributed by atoms with Gasteiger partial charge in [0.1, 0.15) is 17.1 Å². The first-order valence-corrected chi connectivity index (χ1v) is 10.8. The Hall–Kier alpha value is -3.95. The maximum Gasteiger partial charge on any atom is 0.345 e. The Morgan fingerprint density at radius 1 is 1.15 bits per heavy atom. The maximum atomic E-state index is 13.5. The number of carbonyl (C=O) groups excluding carboxylic acids is 2. The summed E-state index contributed by atoms with van der Waals surface area (Å²) in [4.78, 5) is 33.5. The fourth-order valence-electron chi connectivity index (χ4n) is 4.06. The van der Waals surface area contributed by atoms with Crippen molar-refractivity contribution >= 4 is 17.7 Å². The minimum atomic E-state index is -0.534. The number of amides is 1. The zero-order chi connectivity index (χ0) is 23.4. The standard InChI is InChI=1S/C23H26N6O4/c1-4-33-19-9-10-24-21(20(19)23(31)32-3)27-16-13-15(2)28(14-16)22(30)17-7-5-6-8-18(17)29-25-11-12-26-29/h5-12,15-16H,4,13-14H2,1-3H3,(H,24,27)/t15-,16-/m1/s1. The third-order valence-electron chi connectivity index (χ3n) is 5.55. The fourth-order valence-corrected chi connectivity index (χ4v) is 4.06. The summed E-state index contributed by atoms with van der Waals surface area (Å²) in [5, 5.41) is 11.6. The summed E-state index contributed by atoms with van der Waals surface area (Å²) >= 11 is 0. The number of nitrogens with zero attached hydrogens (tertiary/aromatic N) is 5. The molecule has 1 saturated heterocycles. The number of methoxy groups -OCH3 is 1. The molecule has 1 aromatic carbocycles. The summed E-state index contributed by atoms with van der Waals surface area (Å²) in [5.41, 5.74) is 1.39. The van der Waals surface area contributed by atoms with E-state index in [0.717, 1.165) is 0 Å².